The predicted molar refractivity (Wildman–Crippen MR) is 39.1 cm³/mol. The average molecular weight is 147 g/mol. The van der Waals surface area contributed by atoms with Crippen LogP contribution in [0, 0.1) is 10.1 Å². The fraction of sp³-hybridized carbons (Fsp3) is 0.600. The molecule has 0 aliphatic rings. The summed E-state index contributed by atoms with van der Waals surface area (Å²) in [6.45, 7) is 0. The molecule has 0 bridgehead atoms. The lowest BCUT2D eigenvalue weighted by Crippen LogP contribution is -1.82. The van der Waals surface area contributed by atoms with Crippen molar-refractivity contribution in [1.29, 1.82) is 0 Å². The molecule has 0 aliphatic carbocycles. The molecule has 0 spiro atoms. The Labute approximate surface area is 58.3 Å². The molecule has 3 nitrogen and oxygen atoms in total. The molecule has 0 N–H and O–H groups in total. The van der Waals surface area contributed by atoms with Crippen molar-refractivity contribution >= 4 is 11.8 Å². The molecule has 0 aromatic carbocycles. The first-order chi connectivity index (χ1) is 4.27. The van der Waals surface area contributed by atoms with E-state index in [1.165, 1.54) is 0 Å². The normalized spacial score (nSPS) is 10.3. The molecule has 9 heavy (non-hydrogen) atoms. The van der Waals surface area contributed by atoms with Gasteiger partial charge in [0.2, 0.25) is 6.20 Å². The van der Waals surface area contributed by atoms with Gasteiger partial charge in [0.05, 0.1) is 4.92 Å². The summed E-state index contributed by atoms with van der Waals surface area (Å²) in [5, 5.41) is 9.67. The number of thioether (sulfide) groups is 1. The number of hydrogen-bond donors (Lipinski definition) is 0. The summed E-state index contributed by atoms with van der Waals surface area (Å²) in [4.78, 5) is 9.23. The van der Waals surface area contributed by atoms with Crippen molar-refractivity contribution in [3.05, 3.63) is 22.4 Å². The number of hydrogen-bond acceptors (Lipinski definition) is 3. The van der Waals surface area contributed by atoms with Crippen LogP contribution in [0.15, 0.2) is 12.3 Å². The van der Waals surface area contributed by atoms with Crippen molar-refractivity contribution in [2.24, 2.45) is 0 Å². The van der Waals surface area contributed by atoms with Gasteiger partial charge in [-0.2, -0.15) is 11.8 Å². The second kappa shape index (κ2) is 5.62. The number of nitro groups is 1. The predicted octanol–water partition coefficient (Wildman–Crippen LogP) is 1.53. The molecule has 0 amide bonds. The number of nitrogens with zero attached hydrogens (tertiary/aromatic N) is 1. The van der Waals surface area contributed by atoms with Crippen molar-refractivity contribution < 1.29 is 4.92 Å². The monoisotopic (exact) mass is 147 g/mol. The fourth-order valence-electron chi connectivity index (χ4n) is 0.346. The van der Waals surface area contributed by atoms with Crippen LogP contribution in [0.25, 0.3) is 0 Å². The van der Waals surface area contributed by atoms with E-state index in [1.807, 2.05) is 6.26 Å². The van der Waals surface area contributed by atoms with Gasteiger partial charge in [0.25, 0.3) is 0 Å². The minimum absolute atomic E-state index is 0.444. The smallest absolute Gasteiger partial charge is 0.230 e. The summed E-state index contributed by atoms with van der Waals surface area (Å²) in [5.74, 6) is 0.949. The molecule has 52 valence electrons. The van der Waals surface area contributed by atoms with Crippen LogP contribution in [0.3, 0.4) is 0 Å². The van der Waals surface area contributed by atoms with Crippen molar-refractivity contribution in [2.75, 3.05) is 12.0 Å². The number of rotatable bonds is 4. The molecular formula is C5H9NO2S. The van der Waals surface area contributed by atoms with Gasteiger partial charge in [0, 0.05) is 0 Å². The zero-order valence-electron chi connectivity index (χ0n) is 5.24. The quantitative estimate of drug-likeness (QED) is 0.344. The Kier molecular flexibility index (Phi) is 5.30. The maximum Gasteiger partial charge on any atom is 0.230 e. The van der Waals surface area contributed by atoms with Gasteiger partial charge < -0.3 is 0 Å². The summed E-state index contributed by atoms with van der Waals surface area (Å²) >= 11 is 1.68. The van der Waals surface area contributed by atoms with E-state index in [4.69, 9.17) is 0 Å². The minimum atomic E-state index is -0.444. The lowest BCUT2D eigenvalue weighted by molar-refractivity contribution is -0.402. The Balaban J connectivity index is 3.15. The van der Waals surface area contributed by atoms with Crippen molar-refractivity contribution in [3.8, 4) is 0 Å². The van der Waals surface area contributed by atoms with Gasteiger partial charge in [-0.15, -0.1) is 0 Å². The summed E-state index contributed by atoms with van der Waals surface area (Å²) in [6.07, 6.45) is 5.30. The first-order valence-electron chi connectivity index (χ1n) is 2.56. The highest BCUT2D eigenvalue weighted by Crippen LogP contribution is 1.95. The molecule has 0 saturated carbocycles. The molecular weight excluding hydrogens is 138 g/mol. The molecule has 0 aromatic rings. The van der Waals surface area contributed by atoms with Crippen LogP contribution in [0.5, 0.6) is 0 Å². The highest BCUT2D eigenvalue weighted by Gasteiger charge is 1.83. The third-order valence-electron chi connectivity index (χ3n) is 0.716. The van der Waals surface area contributed by atoms with Crippen molar-refractivity contribution in [1.82, 2.24) is 0 Å². The molecule has 0 radical (unpaired) electrons. The second-order valence-electron chi connectivity index (χ2n) is 1.45. The van der Waals surface area contributed by atoms with Gasteiger partial charge in [-0.05, 0) is 24.5 Å². The third-order valence-corrected chi connectivity index (χ3v) is 1.36. The van der Waals surface area contributed by atoms with Crippen LogP contribution >= 0.6 is 11.8 Å². The molecule has 0 unspecified atom stereocenters. The van der Waals surface area contributed by atoms with Gasteiger partial charge in [-0.1, -0.05) is 0 Å². The van der Waals surface area contributed by atoms with Gasteiger partial charge >= 0.3 is 0 Å². The largest absolute Gasteiger partial charge is 0.259 e. The Morgan fingerprint density at radius 3 is 2.89 bits per heavy atom. The summed E-state index contributed by atoms with van der Waals surface area (Å²) in [6, 6.07) is 0. The summed E-state index contributed by atoms with van der Waals surface area (Å²) in [7, 11) is 0. The highest BCUT2D eigenvalue weighted by molar-refractivity contribution is 7.98. The van der Waals surface area contributed by atoms with Crippen LogP contribution in [0.1, 0.15) is 6.42 Å². The Hall–Kier alpha value is -0.510. The average Bonchev–Trinajstić information content (AvgIpc) is 1.80. The molecule has 0 aliphatic heterocycles. The lowest BCUT2D eigenvalue weighted by atomic mass is 10.5. The molecule has 0 rings (SSSR count). The van der Waals surface area contributed by atoms with E-state index >= 15 is 0 Å². The van der Waals surface area contributed by atoms with Gasteiger partial charge in [-0.25, -0.2) is 0 Å². The molecule has 0 heterocycles. The van der Waals surface area contributed by atoms with E-state index in [1.54, 1.807) is 17.8 Å². The van der Waals surface area contributed by atoms with Crippen LogP contribution in [0.4, 0.5) is 0 Å². The zero-order chi connectivity index (χ0) is 7.11. The minimum Gasteiger partial charge on any atom is -0.259 e. The third kappa shape index (κ3) is 7.49. The lowest BCUT2D eigenvalue weighted by Gasteiger charge is -1.84. The molecule has 0 saturated heterocycles. The van der Waals surface area contributed by atoms with Crippen LogP contribution in [-0.4, -0.2) is 16.9 Å². The first kappa shape index (κ1) is 8.49. The Morgan fingerprint density at radius 1 is 1.78 bits per heavy atom. The summed E-state index contributed by atoms with van der Waals surface area (Å²) < 4.78 is 0. The molecule has 0 atom stereocenters. The first-order valence-corrected chi connectivity index (χ1v) is 3.96. The van der Waals surface area contributed by atoms with E-state index in [2.05, 4.69) is 0 Å². The van der Waals surface area contributed by atoms with E-state index in [-0.39, 0.29) is 0 Å². The highest BCUT2D eigenvalue weighted by atomic mass is 32.2. The van der Waals surface area contributed by atoms with Gasteiger partial charge in [-0.3, -0.25) is 10.1 Å². The van der Waals surface area contributed by atoms with Gasteiger partial charge in [0.1, 0.15) is 0 Å². The van der Waals surface area contributed by atoms with Crippen molar-refractivity contribution in [2.45, 2.75) is 6.42 Å². The maximum atomic E-state index is 9.67. The van der Waals surface area contributed by atoms with E-state index in [0.29, 0.717) is 0 Å². The standard InChI is InChI=1S/C5H9NO2S/c1-9-5-3-2-4-6(7)8/h2,4H,3,5H2,1H3/b4-2+. The number of allylic oxidation sites excluding steroid dienone is 1. The topological polar surface area (TPSA) is 43.1 Å². The zero-order valence-corrected chi connectivity index (χ0v) is 6.06. The molecule has 0 aromatic heterocycles. The Bertz CT molecular complexity index is 114. The van der Waals surface area contributed by atoms with Crippen LogP contribution in [0.2, 0.25) is 0 Å². The fourth-order valence-corrected chi connectivity index (χ4v) is 0.718. The molecule has 4 heteroatoms. The maximum absolute atomic E-state index is 9.67. The van der Waals surface area contributed by atoms with E-state index in [9.17, 15) is 10.1 Å². The van der Waals surface area contributed by atoms with Crippen LogP contribution in [-0.2, 0) is 0 Å². The van der Waals surface area contributed by atoms with Gasteiger partial charge in [0.15, 0.2) is 0 Å². The van der Waals surface area contributed by atoms with E-state index < -0.39 is 4.92 Å². The second-order valence-corrected chi connectivity index (χ2v) is 2.44. The summed E-state index contributed by atoms with van der Waals surface area (Å²) in [5.41, 5.74) is 0. The Morgan fingerprint density at radius 2 is 2.44 bits per heavy atom. The van der Waals surface area contributed by atoms with E-state index in [0.717, 1.165) is 18.4 Å². The van der Waals surface area contributed by atoms with Crippen LogP contribution < -0.4 is 0 Å². The SMILES string of the molecule is CSCC/C=C/[N+](=O)[O-]. The van der Waals surface area contributed by atoms with Crippen molar-refractivity contribution in [3.63, 3.8) is 0 Å². The molecule has 0 fully saturated rings.